The van der Waals surface area contributed by atoms with Gasteiger partial charge in [-0.1, -0.05) is 0 Å². The van der Waals surface area contributed by atoms with E-state index >= 15 is 0 Å². The lowest BCUT2D eigenvalue weighted by Crippen LogP contribution is -2.26. The number of aryl methyl sites for hydroxylation is 2. The fourth-order valence-electron chi connectivity index (χ4n) is 1.90. The van der Waals surface area contributed by atoms with Crippen LogP contribution < -0.4 is 0 Å². The smallest absolute Gasteiger partial charge is 0.290 e. The van der Waals surface area contributed by atoms with Crippen molar-refractivity contribution < 1.29 is 18.3 Å². The number of nitrogens with zero attached hydrogens (tertiary/aromatic N) is 2. The van der Waals surface area contributed by atoms with Gasteiger partial charge < -0.3 is 10.0 Å². The lowest BCUT2D eigenvalue weighted by atomic mass is 10.1. The fourth-order valence-corrected chi connectivity index (χ4v) is 2.54. The maximum atomic E-state index is 11.0. The van der Waals surface area contributed by atoms with Crippen molar-refractivity contribution in [3.05, 3.63) is 17.0 Å². The number of H-pyrrole nitrogens is 1. The second-order valence-electron chi connectivity index (χ2n) is 5.05. The Balaban J connectivity index is 0.00000122. The van der Waals surface area contributed by atoms with Crippen molar-refractivity contribution in [3.63, 3.8) is 0 Å². The first kappa shape index (κ1) is 19.6. The third-order valence-electron chi connectivity index (χ3n) is 3.09. The number of nitrogens with one attached hydrogen (secondary N) is 1. The maximum Gasteiger partial charge on any atom is 0.290 e. The number of hydrogen-bond donors (Lipinski definition) is 2. The van der Waals surface area contributed by atoms with Crippen molar-refractivity contribution >= 4 is 16.3 Å². The first-order chi connectivity index (χ1) is 9.71. The zero-order chi connectivity index (χ0) is 16.5. The van der Waals surface area contributed by atoms with Gasteiger partial charge in [0.2, 0.25) is 0 Å². The van der Waals surface area contributed by atoms with Crippen molar-refractivity contribution in [2.75, 3.05) is 32.1 Å². The third kappa shape index (κ3) is 9.19. The molecule has 0 saturated heterocycles. The Labute approximate surface area is 126 Å². The molecule has 0 saturated carbocycles. The van der Waals surface area contributed by atoms with E-state index in [1.54, 1.807) is 0 Å². The van der Waals surface area contributed by atoms with Crippen molar-refractivity contribution in [2.45, 2.75) is 26.7 Å². The summed E-state index contributed by atoms with van der Waals surface area (Å²) in [5, 5.41) is 14.0. The van der Waals surface area contributed by atoms with E-state index in [-0.39, 0.29) is 12.2 Å². The molecule has 0 aromatic carbocycles. The van der Waals surface area contributed by atoms with Crippen LogP contribution >= 0.6 is 0 Å². The highest BCUT2D eigenvalue weighted by Gasteiger charge is 2.08. The van der Waals surface area contributed by atoms with Crippen molar-refractivity contribution in [3.8, 4) is 0 Å². The molecule has 0 atom stereocenters. The molecule has 1 heterocycles. The first-order valence-electron chi connectivity index (χ1n) is 6.65. The third-order valence-corrected chi connectivity index (χ3v) is 4.02. The summed E-state index contributed by atoms with van der Waals surface area (Å²) in [6.07, 6.45) is 3.28. The van der Waals surface area contributed by atoms with Gasteiger partial charge in [-0.25, -0.2) is 8.42 Å². The van der Waals surface area contributed by atoms with Gasteiger partial charge in [0.25, 0.3) is 6.47 Å². The van der Waals surface area contributed by atoms with Gasteiger partial charge in [0.15, 0.2) is 0 Å². The van der Waals surface area contributed by atoms with Crippen LogP contribution in [0.25, 0.3) is 0 Å². The molecule has 0 aliphatic rings. The zero-order valence-electron chi connectivity index (χ0n) is 13.1. The predicted octanol–water partition coefficient (Wildman–Crippen LogP) is 0.636. The standard InChI is InChI=1S/C12H23N3O2S.CH2O2/c1-10-12(11(2)14-13-10)6-5-7-15(3)8-9-18(4,16)17;2-1-3/h5-9H2,1-4H3,(H,13,14);1H,(H,2,3). The molecule has 122 valence electrons. The van der Waals surface area contributed by atoms with E-state index in [4.69, 9.17) is 9.90 Å². The van der Waals surface area contributed by atoms with Crippen LogP contribution in [0.4, 0.5) is 0 Å². The molecule has 0 fully saturated rings. The van der Waals surface area contributed by atoms with E-state index in [0.717, 1.165) is 30.8 Å². The summed E-state index contributed by atoms with van der Waals surface area (Å²) in [5.41, 5.74) is 3.48. The molecular formula is C13H25N3O4S. The maximum absolute atomic E-state index is 11.0. The summed E-state index contributed by atoms with van der Waals surface area (Å²) in [7, 11) is -0.899. The van der Waals surface area contributed by atoms with Crippen LogP contribution in [0.3, 0.4) is 0 Å². The number of hydrogen-bond acceptors (Lipinski definition) is 5. The molecule has 0 unspecified atom stereocenters. The minimum absolute atomic E-state index is 0.229. The van der Waals surface area contributed by atoms with Crippen LogP contribution in [-0.2, 0) is 21.1 Å². The topological polar surface area (TPSA) is 103 Å². The van der Waals surface area contributed by atoms with Crippen molar-refractivity contribution in [1.82, 2.24) is 15.1 Å². The largest absolute Gasteiger partial charge is 0.483 e. The Bertz CT molecular complexity index is 506. The molecule has 1 rings (SSSR count). The van der Waals surface area contributed by atoms with E-state index in [0.29, 0.717) is 6.54 Å². The summed E-state index contributed by atoms with van der Waals surface area (Å²) in [6, 6.07) is 0. The normalized spacial score (nSPS) is 11.1. The second-order valence-corrected chi connectivity index (χ2v) is 7.31. The Morgan fingerprint density at radius 3 is 2.33 bits per heavy atom. The van der Waals surface area contributed by atoms with Gasteiger partial charge in [-0.05, 0) is 45.8 Å². The Morgan fingerprint density at radius 2 is 1.90 bits per heavy atom. The SMILES string of the molecule is Cc1n[nH]c(C)c1CCCN(C)CCS(C)(=O)=O.O=CO. The monoisotopic (exact) mass is 319 g/mol. The van der Waals surface area contributed by atoms with Crippen LogP contribution in [0, 0.1) is 13.8 Å². The minimum Gasteiger partial charge on any atom is -0.483 e. The quantitative estimate of drug-likeness (QED) is 0.715. The van der Waals surface area contributed by atoms with Crippen LogP contribution in [0.2, 0.25) is 0 Å². The van der Waals surface area contributed by atoms with Gasteiger partial charge in [0, 0.05) is 18.5 Å². The molecule has 8 heteroatoms. The molecule has 2 N–H and O–H groups in total. The Hall–Kier alpha value is -1.41. The van der Waals surface area contributed by atoms with Gasteiger partial charge in [0.1, 0.15) is 9.84 Å². The van der Waals surface area contributed by atoms with E-state index < -0.39 is 9.84 Å². The predicted molar refractivity (Wildman–Crippen MR) is 82.3 cm³/mol. The highest BCUT2D eigenvalue weighted by atomic mass is 32.2. The highest BCUT2D eigenvalue weighted by Crippen LogP contribution is 2.11. The van der Waals surface area contributed by atoms with Gasteiger partial charge >= 0.3 is 0 Å². The number of carbonyl (C=O) groups is 1. The van der Waals surface area contributed by atoms with Gasteiger partial charge in [-0.15, -0.1) is 0 Å². The summed E-state index contributed by atoms with van der Waals surface area (Å²) in [5.74, 6) is 0.229. The summed E-state index contributed by atoms with van der Waals surface area (Å²) < 4.78 is 22.1. The number of aromatic nitrogens is 2. The summed E-state index contributed by atoms with van der Waals surface area (Å²) in [6.45, 7) is 5.29. The van der Waals surface area contributed by atoms with Crippen LogP contribution in [0.5, 0.6) is 0 Å². The summed E-state index contributed by atoms with van der Waals surface area (Å²) in [4.78, 5) is 10.4. The van der Waals surface area contributed by atoms with Crippen LogP contribution in [0.15, 0.2) is 0 Å². The van der Waals surface area contributed by atoms with Gasteiger partial charge in [-0.2, -0.15) is 5.10 Å². The number of sulfone groups is 1. The second kappa shape index (κ2) is 9.51. The van der Waals surface area contributed by atoms with E-state index in [9.17, 15) is 8.42 Å². The molecule has 0 amide bonds. The van der Waals surface area contributed by atoms with Crippen molar-refractivity contribution in [1.29, 1.82) is 0 Å². The molecule has 0 radical (unpaired) electrons. The first-order valence-corrected chi connectivity index (χ1v) is 8.72. The summed E-state index contributed by atoms with van der Waals surface area (Å²) >= 11 is 0. The van der Waals surface area contributed by atoms with E-state index in [2.05, 4.69) is 15.1 Å². The Morgan fingerprint density at radius 1 is 1.33 bits per heavy atom. The average molecular weight is 319 g/mol. The lowest BCUT2D eigenvalue weighted by molar-refractivity contribution is -0.122. The molecule has 0 aliphatic heterocycles. The average Bonchev–Trinajstić information content (AvgIpc) is 2.68. The molecule has 1 aromatic heterocycles. The van der Waals surface area contributed by atoms with Gasteiger partial charge in [0.05, 0.1) is 11.4 Å². The van der Waals surface area contributed by atoms with Crippen LogP contribution in [0.1, 0.15) is 23.4 Å². The van der Waals surface area contributed by atoms with E-state index in [1.807, 2.05) is 20.9 Å². The minimum atomic E-state index is -2.86. The van der Waals surface area contributed by atoms with Crippen LogP contribution in [-0.4, -0.2) is 67.2 Å². The zero-order valence-corrected chi connectivity index (χ0v) is 13.9. The lowest BCUT2D eigenvalue weighted by Gasteiger charge is -2.15. The molecular weight excluding hydrogens is 294 g/mol. The number of carboxylic acid groups (broad SMARTS) is 1. The molecule has 21 heavy (non-hydrogen) atoms. The van der Waals surface area contributed by atoms with E-state index in [1.165, 1.54) is 11.8 Å². The van der Waals surface area contributed by atoms with Gasteiger partial charge in [-0.3, -0.25) is 9.89 Å². The fraction of sp³-hybridized carbons (Fsp3) is 0.692. The molecule has 0 bridgehead atoms. The number of aromatic amines is 1. The molecule has 0 spiro atoms. The highest BCUT2D eigenvalue weighted by molar-refractivity contribution is 7.90. The number of rotatable bonds is 7. The molecule has 1 aromatic rings. The van der Waals surface area contributed by atoms with Crippen molar-refractivity contribution in [2.24, 2.45) is 0 Å². The molecule has 7 nitrogen and oxygen atoms in total. The Kier molecular flexibility index (Phi) is 8.87. The molecule has 0 aliphatic carbocycles.